The number of urea groups is 1. The molecular formula is C14H22N4O2. The summed E-state index contributed by atoms with van der Waals surface area (Å²) in [5, 5.41) is 2.89. The zero-order valence-corrected chi connectivity index (χ0v) is 11.9. The molecule has 1 aliphatic heterocycles. The lowest BCUT2D eigenvalue weighted by atomic mass is 9.95. The second-order valence-electron chi connectivity index (χ2n) is 4.85. The van der Waals surface area contributed by atoms with E-state index in [9.17, 15) is 4.79 Å². The predicted molar refractivity (Wildman–Crippen MR) is 75.5 cm³/mol. The average molecular weight is 278 g/mol. The van der Waals surface area contributed by atoms with Crippen LogP contribution >= 0.6 is 0 Å². The van der Waals surface area contributed by atoms with Crippen molar-refractivity contribution in [2.24, 2.45) is 0 Å². The van der Waals surface area contributed by atoms with Crippen LogP contribution in [0.25, 0.3) is 0 Å². The maximum Gasteiger partial charge on any atom is 0.317 e. The minimum absolute atomic E-state index is 0.0107. The largest absolute Gasteiger partial charge is 0.380 e. The number of piperidine rings is 1. The zero-order chi connectivity index (χ0) is 14.2. The third-order valence-electron chi connectivity index (χ3n) is 3.46. The summed E-state index contributed by atoms with van der Waals surface area (Å²) in [5.41, 5.74) is 1.02. The van der Waals surface area contributed by atoms with E-state index in [2.05, 4.69) is 15.3 Å². The van der Waals surface area contributed by atoms with E-state index in [1.165, 1.54) is 0 Å². The van der Waals surface area contributed by atoms with Gasteiger partial charge in [-0.05, 0) is 25.8 Å². The van der Waals surface area contributed by atoms with Gasteiger partial charge in [0.25, 0.3) is 0 Å². The molecule has 1 fully saturated rings. The molecule has 1 aromatic rings. The first-order valence-electron chi connectivity index (χ1n) is 7.17. The van der Waals surface area contributed by atoms with Crippen LogP contribution in [0.1, 0.15) is 31.4 Å². The van der Waals surface area contributed by atoms with Crippen LogP contribution in [0.2, 0.25) is 0 Å². The monoisotopic (exact) mass is 278 g/mol. The Morgan fingerprint density at radius 2 is 2.50 bits per heavy atom. The first-order valence-corrected chi connectivity index (χ1v) is 7.17. The van der Waals surface area contributed by atoms with Crippen LogP contribution in [-0.2, 0) is 4.74 Å². The molecule has 0 spiro atoms. The maximum absolute atomic E-state index is 12.1. The molecule has 6 heteroatoms. The highest BCUT2D eigenvalue weighted by Crippen LogP contribution is 2.24. The predicted octanol–water partition coefficient (Wildman–Crippen LogP) is 1.40. The quantitative estimate of drug-likeness (QED) is 0.827. The molecule has 1 atom stereocenters. The summed E-state index contributed by atoms with van der Waals surface area (Å²) in [7, 11) is 0. The minimum Gasteiger partial charge on any atom is -0.380 e. The number of nitrogens with one attached hydrogen (secondary N) is 1. The number of likely N-dealkylation sites (tertiary alicyclic amines) is 1. The SMILES string of the molecule is CCOCCNC(=O)N1CCC[C@@H](c2ccncn2)C1. The molecule has 0 aromatic carbocycles. The molecule has 2 rings (SSSR count). The number of hydrogen-bond donors (Lipinski definition) is 1. The van der Waals surface area contributed by atoms with Crippen molar-refractivity contribution in [3.8, 4) is 0 Å². The minimum atomic E-state index is -0.0107. The van der Waals surface area contributed by atoms with E-state index in [1.807, 2.05) is 17.9 Å². The third-order valence-corrected chi connectivity index (χ3v) is 3.46. The number of aromatic nitrogens is 2. The van der Waals surface area contributed by atoms with Crippen molar-refractivity contribution in [1.29, 1.82) is 0 Å². The van der Waals surface area contributed by atoms with Crippen molar-refractivity contribution in [3.05, 3.63) is 24.3 Å². The van der Waals surface area contributed by atoms with Crippen molar-refractivity contribution in [3.63, 3.8) is 0 Å². The summed E-state index contributed by atoms with van der Waals surface area (Å²) < 4.78 is 5.21. The van der Waals surface area contributed by atoms with Gasteiger partial charge in [-0.1, -0.05) is 0 Å². The molecule has 20 heavy (non-hydrogen) atoms. The number of carbonyl (C=O) groups excluding carboxylic acids is 1. The van der Waals surface area contributed by atoms with Gasteiger partial charge < -0.3 is 15.0 Å². The molecule has 1 N–H and O–H groups in total. The normalized spacial score (nSPS) is 18.9. The number of hydrogen-bond acceptors (Lipinski definition) is 4. The molecule has 0 aliphatic carbocycles. The Labute approximate surface area is 119 Å². The summed E-state index contributed by atoms with van der Waals surface area (Å²) in [6.45, 7) is 5.26. The fourth-order valence-corrected chi connectivity index (χ4v) is 2.43. The molecule has 1 saturated heterocycles. The van der Waals surface area contributed by atoms with Crippen LogP contribution in [0, 0.1) is 0 Å². The number of ether oxygens (including phenoxy) is 1. The van der Waals surface area contributed by atoms with Gasteiger partial charge in [0.05, 0.1) is 6.61 Å². The van der Waals surface area contributed by atoms with Crippen LogP contribution in [0.3, 0.4) is 0 Å². The average Bonchev–Trinajstić information content (AvgIpc) is 2.52. The lowest BCUT2D eigenvalue weighted by Gasteiger charge is -2.32. The van der Waals surface area contributed by atoms with E-state index in [0.29, 0.717) is 25.7 Å². The number of nitrogens with zero attached hydrogens (tertiary/aromatic N) is 3. The van der Waals surface area contributed by atoms with Gasteiger partial charge in [-0.2, -0.15) is 0 Å². The molecule has 1 aliphatic rings. The van der Waals surface area contributed by atoms with Gasteiger partial charge in [-0.25, -0.2) is 14.8 Å². The Kier molecular flexibility index (Phi) is 5.73. The molecule has 2 heterocycles. The van der Waals surface area contributed by atoms with Crippen molar-refractivity contribution in [1.82, 2.24) is 20.2 Å². The first-order chi connectivity index (χ1) is 9.81. The Morgan fingerprint density at radius 1 is 1.60 bits per heavy atom. The van der Waals surface area contributed by atoms with Crippen molar-refractivity contribution in [2.75, 3.05) is 32.8 Å². The molecular weight excluding hydrogens is 256 g/mol. The molecule has 1 aromatic heterocycles. The van der Waals surface area contributed by atoms with E-state index in [-0.39, 0.29) is 6.03 Å². The van der Waals surface area contributed by atoms with E-state index < -0.39 is 0 Å². The summed E-state index contributed by atoms with van der Waals surface area (Å²) in [4.78, 5) is 22.2. The Hall–Kier alpha value is -1.69. The van der Waals surface area contributed by atoms with Gasteiger partial charge in [-0.15, -0.1) is 0 Å². The Balaban J connectivity index is 1.82. The highest BCUT2D eigenvalue weighted by atomic mass is 16.5. The number of amides is 2. The molecule has 0 unspecified atom stereocenters. The standard InChI is InChI=1S/C14H22N4O2/c1-2-20-9-7-16-14(19)18-8-3-4-12(10-18)13-5-6-15-11-17-13/h5-6,11-12H,2-4,7-10H2,1H3,(H,16,19)/t12-/m1/s1. The van der Waals surface area contributed by atoms with Crippen LogP contribution < -0.4 is 5.32 Å². The molecule has 0 radical (unpaired) electrons. The second kappa shape index (κ2) is 7.79. The fraction of sp³-hybridized carbons (Fsp3) is 0.643. The van der Waals surface area contributed by atoms with Gasteiger partial charge in [0, 0.05) is 44.0 Å². The first kappa shape index (κ1) is 14.7. The summed E-state index contributed by atoms with van der Waals surface area (Å²) in [6.07, 6.45) is 5.40. The Morgan fingerprint density at radius 3 is 3.25 bits per heavy atom. The second-order valence-corrected chi connectivity index (χ2v) is 4.85. The van der Waals surface area contributed by atoms with E-state index in [4.69, 9.17) is 4.74 Å². The highest BCUT2D eigenvalue weighted by molar-refractivity contribution is 5.74. The third kappa shape index (κ3) is 4.16. The fourth-order valence-electron chi connectivity index (χ4n) is 2.43. The molecule has 110 valence electrons. The summed E-state index contributed by atoms with van der Waals surface area (Å²) in [6, 6.07) is 1.92. The lowest BCUT2D eigenvalue weighted by Crippen LogP contribution is -2.45. The van der Waals surface area contributed by atoms with Crippen LogP contribution in [0.15, 0.2) is 18.6 Å². The molecule has 0 bridgehead atoms. The van der Waals surface area contributed by atoms with Crippen molar-refractivity contribution < 1.29 is 9.53 Å². The van der Waals surface area contributed by atoms with Gasteiger partial charge in [0.1, 0.15) is 6.33 Å². The summed E-state index contributed by atoms with van der Waals surface area (Å²) >= 11 is 0. The van der Waals surface area contributed by atoms with Crippen LogP contribution in [-0.4, -0.2) is 53.7 Å². The van der Waals surface area contributed by atoms with Gasteiger partial charge in [-0.3, -0.25) is 0 Å². The summed E-state index contributed by atoms with van der Waals surface area (Å²) in [5.74, 6) is 0.310. The van der Waals surface area contributed by atoms with E-state index in [0.717, 1.165) is 31.6 Å². The van der Waals surface area contributed by atoms with E-state index >= 15 is 0 Å². The van der Waals surface area contributed by atoms with E-state index in [1.54, 1.807) is 12.5 Å². The smallest absolute Gasteiger partial charge is 0.317 e. The topological polar surface area (TPSA) is 67.3 Å². The lowest BCUT2D eigenvalue weighted by molar-refractivity contribution is 0.142. The van der Waals surface area contributed by atoms with Gasteiger partial charge in [0.15, 0.2) is 0 Å². The molecule has 6 nitrogen and oxygen atoms in total. The van der Waals surface area contributed by atoms with Gasteiger partial charge in [0.2, 0.25) is 0 Å². The van der Waals surface area contributed by atoms with Crippen LogP contribution in [0.5, 0.6) is 0 Å². The number of carbonyl (C=O) groups is 1. The molecule has 0 saturated carbocycles. The Bertz CT molecular complexity index is 413. The maximum atomic E-state index is 12.1. The van der Waals surface area contributed by atoms with Crippen molar-refractivity contribution >= 4 is 6.03 Å². The van der Waals surface area contributed by atoms with Crippen LogP contribution in [0.4, 0.5) is 4.79 Å². The van der Waals surface area contributed by atoms with Crippen molar-refractivity contribution in [2.45, 2.75) is 25.7 Å². The van der Waals surface area contributed by atoms with Gasteiger partial charge >= 0.3 is 6.03 Å². The number of rotatable bonds is 5. The zero-order valence-electron chi connectivity index (χ0n) is 11.9. The highest BCUT2D eigenvalue weighted by Gasteiger charge is 2.25. The molecule has 2 amide bonds.